The Kier molecular flexibility index (Phi) is 9.36. The number of anilines is 1. The summed E-state index contributed by atoms with van der Waals surface area (Å²) in [6, 6.07) is 10.8. The molecule has 0 aliphatic carbocycles. The number of carboxylic acids is 1. The lowest BCUT2D eigenvalue weighted by atomic mass is 9.82. The van der Waals surface area contributed by atoms with Crippen molar-refractivity contribution in [2.24, 2.45) is 5.92 Å². The van der Waals surface area contributed by atoms with E-state index in [0.717, 1.165) is 16.0 Å². The molecule has 0 spiro atoms. The third-order valence-corrected chi connectivity index (χ3v) is 5.14. The van der Waals surface area contributed by atoms with Crippen molar-refractivity contribution in [1.29, 1.82) is 0 Å². The zero-order chi connectivity index (χ0) is 27.0. The molecule has 1 saturated heterocycles. The third-order valence-electron chi connectivity index (χ3n) is 5.14. The topological polar surface area (TPSA) is 152 Å². The lowest BCUT2D eigenvalue weighted by Crippen LogP contribution is -2.69. The number of imide groups is 1. The van der Waals surface area contributed by atoms with Crippen LogP contribution >= 0.6 is 0 Å². The number of β-lactam (4-membered cyclic amide) rings is 1. The number of carbonyl (C=O) groups excluding carboxylic acids is 3. The summed E-state index contributed by atoms with van der Waals surface area (Å²) in [5.74, 6) is -4.13. The maximum atomic E-state index is 12.7. The summed E-state index contributed by atoms with van der Waals surface area (Å²) in [7, 11) is 0. The van der Waals surface area contributed by atoms with Gasteiger partial charge in [0.05, 0.1) is 18.6 Å². The average Bonchev–Trinajstić information content (AvgIpc) is 2.81. The van der Waals surface area contributed by atoms with Crippen LogP contribution in [0.3, 0.4) is 0 Å². The Morgan fingerprint density at radius 3 is 2.36 bits per heavy atom. The van der Waals surface area contributed by atoms with Gasteiger partial charge in [0.15, 0.2) is 6.04 Å². The molecule has 3 rings (SSSR count). The number of nitrogens with one attached hydrogen (secondary N) is 1. The zero-order valence-corrected chi connectivity index (χ0v) is 19.4. The molecule has 13 heteroatoms. The molecule has 3 atom stereocenters. The van der Waals surface area contributed by atoms with Crippen LogP contribution in [-0.4, -0.2) is 57.7 Å². The van der Waals surface area contributed by atoms with Gasteiger partial charge in [-0.05, 0) is 43.5 Å². The maximum Gasteiger partial charge on any atom is 0.490 e. The minimum atomic E-state index is -5.08. The standard InChI is InChI=1S/C21H24N4O4.C2HF3O2/c1-3-29-20(27)18-16(11-14-9-10-23-17(22)12-14)19(26)25(18)21(28)24-13(2)15-7-5-4-6-8-15;3-2(4,5)1(6)7/h4-10,12-13,16,18H,3,11H2,1-2H3,(H2,22,23)(H,24,28);(H,6,7)/t13-,16-,18+;/m1./s1. The van der Waals surface area contributed by atoms with Gasteiger partial charge < -0.3 is 20.9 Å². The van der Waals surface area contributed by atoms with E-state index in [1.54, 1.807) is 25.3 Å². The first kappa shape index (κ1) is 28.1. The Morgan fingerprint density at radius 2 is 1.83 bits per heavy atom. The molecule has 36 heavy (non-hydrogen) atoms. The van der Waals surface area contributed by atoms with E-state index in [4.69, 9.17) is 20.4 Å². The number of ether oxygens (including phenoxy) is 1. The molecule has 10 nitrogen and oxygen atoms in total. The van der Waals surface area contributed by atoms with Gasteiger partial charge >= 0.3 is 24.1 Å². The number of likely N-dealkylation sites (tertiary alicyclic amines) is 1. The molecular weight excluding hydrogens is 485 g/mol. The number of halogens is 3. The molecule has 0 saturated carbocycles. The van der Waals surface area contributed by atoms with Gasteiger partial charge in [-0.25, -0.2) is 24.3 Å². The molecule has 3 amide bonds. The first-order valence-corrected chi connectivity index (χ1v) is 10.7. The van der Waals surface area contributed by atoms with Crippen LogP contribution in [0.4, 0.5) is 23.8 Å². The van der Waals surface area contributed by atoms with Crippen LogP contribution in [0.15, 0.2) is 48.7 Å². The van der Waals surface area contributed by atoms with Gasteiger partial charge in [0, 0.05) is 6.20 Å². The van der Waals surface area contributed by atoms with Crippen LogP contribution in [0.2, 0.25) is 0 Å². The minimum Gasteiger partial charge on any atom is -0.475 e. The SMILES string of the molecule is CCOC(=O)[C@@H]1[C@@H](Cc2ccnc(N)c2)C(=O)N1C(=O)N[C@H](C)c1ccccc1.O=C(O)C(F)(F)F. The Morgan fingerprint density at radius 1 is 1.22 bits per heavy atom. The van der Waals surface area contributed by atoms with Crippen molar-refractivity contribution >= 4 is 29.7 Å². The van der Waals surface area contributed by atoms with Gasteiger partial charge in [0.1, 0.15) is 5.82 Å². The number of benzene rings is 1. The molecule has 2 heterocycles. The van der Waals surface area contributed by atoms with Gasteiger partial charge in [-0.3, -0.25) is 4.79 Å². The first-order chi connectivity index (χ1) is 16.9. The monoisotopic (exact) mass is 510 g/mol. The quantitative estimate of drug-likeness (QED) is 0.396. The summed E-state index contributed by atoms with van der Waals surface area (Å²) >= 11 is 0. The number of hydrogen-bond donors (Lipinski definition) is 3. The van der Waals surface area contributed by atoms with Crippen molar-refractivity contribution in [1.82, 2.24) is 15.2 Å². The number of aliphatic carboxylic acids is 1. The maximum absolute atomic E-state index is 12.7. The molecule has 2 aromatic rings. The number of urea groups is 1. The molecule has 0 radical (unpaired) electrons. The van der Waals surface area contributed by atoms with Crippen molar-refractivity contribution in [3.05, 3.63) is 59.8 Å². The van der Waals surface area contributed by atoms with E-state index < -0.39 is 42.0 Å². The first-order valence-electron chi connectivity index (χ1n) is 10.7. The molecule has 1 aromatic heterocycles. The van der Waals surface area contributed by atoms with Crippen LogP contribution in [0, 0.1) is 5.92 Å². The number of nitrogen functional groups attached to an aromatic ring is 1. The number of carboxylic acid groups (broad SMARTS) is 1. The highest BCUT2D eigenvalue weighted by atomic mass is 19.4. The van der Waals surface area contributed by atoms with E-state index in [1.807, 2.05) is 37.3 Å². The van der Waals surface area contributed by atoms with Gasteiger partial charge in [0.2, 0.25) is 5.91 Å². The number of esters is 1. The molecule has 1 aromatic carbocycles. The van der Waals surface area contributed by atoms with E-state index in [-0.39, 0.29) is 19.1 Å². The largest absolute Gasteiger partial charge is 0.490 e. The van der Waals surface area contributed by atoms with Crippen molar-refractivity contribution < 1.29 is 42.2 Å². The molecule has 1 aliphatic rings. The highest BCUT2D eigenvalue weighted by molar-refractivity contribution is 6.08. The fourth-order valence-corrected chi connectivity index (χ4v) is 3.43. The smallest absolute Gasteiger partial charge is 0.475 e. The summed E-state index contributed by atoms with van der Waals surface area (Å²) in [6.45, 7) is 3.65. The van der Waals surface area contributed by atoms with E-state index in [9.17, 15) is 27.6 Å². The highest BCUT2D eigenvalue weighted by Crippen LogP contribution is 2.32. The number of pyridine rings is 1. The predicted octanol–water partition coefficient (Wildman–Crippen LogP) is 2.70. The van der Waals surface area contributed by atoms with Crippen molar-refractivity contribution in [2.75, 3.05) is 12.3 Å². The molecule has 0 bridgehead atoms. The zero-order valence-electron chi connectivity index (χ0n) is 19.4. The van der Waals surface area contributed by atoms with Crippen LogP contribution < -0.4 is 11.1 Å². The Labute approximate surface area is 204 Å². The van der Waals surface area contributed by atoms with E-state index >= 15 is 0 Å². The second-order valence-electron chi connectivity index (χ2n) is 7.69. The number of rotatable bonds is 6. The number of nitrogens with zero attached hydrogens (tertiary/aromatic N) is 2. The van der Waals surface area contributed by atoms with Crippen molar-refractivity contribution in [3.63, 3.8) is 0 Å². The number of nitrogens with two attached hydrogens (primary N) is 1. The molecule has 4 N–H and O–H groups in total. The molecule has 194 valence electrons. The number of amides is 3. The second-order valence-corrected chi connectivity index (χ2v) is 7.69. The number of carbonyl (C=O) groups is 4. The summed E-state index contributed by atoms with van der Waals surface area (Å²) < 4.78 is 36.8. The average molecular weight is 510 g/mol. The highest BCUT2D eigenvalue weighted by Gasteiger charge is 2.55. The minimum absolute atomic E-state index is 0.161. The van der Waals surface area contributed by atoms with E-state index in [0.29, 0.717) is 5.82 Å². The Bertz CT molecular complexity index is 1100. The molecular formula is C23H25F3N4O6. The van der Waals surface area contributed by atoms with Crippen LogP contribution in [0.1, 0.15) is 31.0 Å². The van der Waals surface area contributed by atoms with E-state index in [2.05, 4.69) is 10.3 Å². The summed E-state index contributed by atoms with van der Waals surface area (Å²) in [5, 5.41) is 9.90. The molecule has 1 fully saturated rings. The van der Waals surface area contributed by atoms with Crippen LogP contribution in [0.5, 0.6) is 0 Å². The summed E-state index contributed by atoms with van der Waals surface area (Å²) in [4.78, 5) is 51.7. The van der Waals surface area contributed by atoms with E-state index in [1.165, 1.54) is 0 Å². The van der Waals surface area contributed by atoms with Crippen LogP contribution in [-0.2, 0) is 25.5 Å². The van der Waals surface area contributed by atoms with Gasteiger partial charge in [-0.2, -0.15) is 13.2 Å². The lowest BCUT2D eigenvalue weighted by Gasteiger charge is -2.44. The third kappa shape index (κ3) is 7.17. The fraction of sp³-hybridized carbons (Fsp3) is 0.348. The molecule has 0 unspecified atom stereocenters. The Hall–Kier alpha value is -4.16. The number of aromatic nitrogens is 1. The number of alkyl halides is 3. The van der Waals surface area contributed by atoms with Gasteiger partial charge in [-0.15, -0.1) is 0 Å². The van der Waals surface area contributed by atoms with Gasteiger partial charge in [-0.1, -0.05) is 30.3 Å². The van der Waals surface area contributed by atoms with Crippen molar-refractivity contribution in [3.8, 4) is 0 Å². The lowest BCUT2D eigenvalue weighted by molar-refractivity contribution is -0.192. The Balaban J connectivity index is 0.000000572. The van der Waals surface area contributed by atoms with Crippen LogP contribution in [0.25, 0.3) is 0 Å². The normalized spacial score (nSPS) is 17.7. The van der Waals surface area contributed by atoms with Gasteiger partial charge in [0.25, 0.3) is 0 Å². The summed E-state index contributed by atoms with van der Waals surface area (Å²) in [6.07, 6.45) is -3.27. The molecule has 1 aliphatic heterocycles. The fourth-order valence-electron chi connectivity index (χ4n) is 3.43. The second kappa shape index (κ2) is 12.0. The predicted molar refractivity (Wildman–Crippen MR) is 120 cm³/mol. The summed E-state index contributed by atoms with van der Waals surface area (Å²) in [5.41, 5.74) is 7.35. The number of hydrogen-bond acceptors (Lipinski definition) is 7. The van der Waals surface area contributed by atoms with Crippen molar-refractivity contribution in [2.45, 2.75) is 38.5 Å².